The Bertz CT molecular complexity index is 1180. The smallest absolute Gasteiger partial charge is 0.475 e. The maximum atomic E-state index is 13.0. The lowest BCUT2D eigenvalue weighted by Gasteiger charge is -2.43. The van der Waals surface area contributed by atoms with Crippen molar-refractivity contribution < 1.29 is 50.9 Å². The van der Waals surface area contributed by atoms with Crippen molar-refractivity contribution >= 4 is 29.2 Å². The summed E-state index contributed by atoms with van der Waals surface area (Å²) in [6, 6.07) is 20.7. The molecular weight excluding hydrogens is 584 g/mol. The SMILES string of the molecule is CCN(CC)C(=O)c1cccc(N(c2ccccc2)C2CC3CCC(C2)N3C)c1.O=C(O)C(F)(F)F.O=C(O)C(F)(F)F. The molecule has 0 aliphatic carbocycles. The number of fused-ring (bicyclic) bond motifs is 2. The molecule has 2 unspecified atom stereocenters. The number of carbonyl (C=O) groups excluding carboxylic acids is 1. The number of nitrogens with zero attached hydrogens (tertiary/aromatic N) is 3. The number of amides is 1. The van der Waals surface area contributed by atoms with Gasteiger partial charge >= 0.3 is 24.3 Å². The van der Waals surface area contributed by atoms with Crippen LogP contribution in [-0.4, -0.2) is 88.5 Å². The summed E-state index contributed by atoms with van der Waals surface area (Å²) < 4.78 is 63.5. The van der Waals surface area contributed by atoms with Crippen molar-refractivity contribution in [2.24, 2.45) is 0 Å². The van der Waals surface area contributed by atoms with E-state index in [0.29, 0.717) is 18.1 Å². The number of hydrogen-bond donors (Lipinski definition) is 2. The van der Waals surface area contributed by atoms with Crippen molar-refractivity contribution in [1.82, 2.24) is 9.80 Å². The number of aliphatic carboxylic acids is 2. The fraction of sp³-hybridized carbons (Fsp3) is 0.483. The number of carboxylic acids is 2. The summed E-state index contributed by atoms with van der Waals surface area (Å²) in [4.78, 5) is 37.7. The van der Waals surface area contributed by atoms with Crippen LogP contribution in [0.25, 0.3) is 0 Å². The topological polar surface area (TPSA) is 101 Å². The minimum absolute atomic E-state index is 0.119. The molecule has 14 heteroatoms. The van der Waals surface area contributed by atoms with Crippen molar-refractivity contribution in [3.63, 3.8) is 0 Å². The molecule has 2 N–H and O–H groups in total. The molecule has 2 bridgehead atoms. The van der Waals surface area contributed by atoms with E-state index in [0.717, 1.165) is 24.3 Å². The van der Waals surface area contributed by atoms with E-state index in [1.165, 1.54) is 31.4 Å². The molecule has 2 aromatic rings. The molecule has 1 amide bonds. The first kappa shape index (κ1) is 35.4. The molecule has 0 aromatic heterocycles. The van der Waals surface area contributed by atoms with E-state index in [2.05, 4.69) is 59.3 Å². The third-order valence-electron chi connectivity index (χ3n) is 7.38. The van der Waals surface area contributed by atoms with Crippen LogP contribution in [0.2, 0.25) is 0 Å². The van der Waals surface area contributed by atoms with Gasteiger partial charge in [0, 0.05) is 48.2 Å². The van der Waals surface area contributed by atoms with Crippen LogP contribution in [0.15, 0.2) is 54.6 Å². The standard InChI is InChI=1S/C25H33N3O.2C2HF3O2/c1-4-27(5-2)25(29)19-10-9-13-23(16-19)28(20-11-7-6-8-12-20)24-17-21-14-15-22(18-24)26(21)3;2*3-2(4,5)1(6)7/h6-13,16,21-22,24H,4-5,14-15,17-18H2,1-3H3;2*(H,6,7). The van der Waals surface area contributed by atoms with Crippen LogP contribution in [-0.2, 0) is 9.59 Å². The van der Waals surface area contributed by atoms with Gasteiger partial charge in [-0.3, -0.25) is 4.79 Å². The van der Waals surface area contributed by atoms with Crippen molar-refractivity contribution in [1.29, 1.82) is 0 Å². The van der Waals surface area contributed by atoms with Crippen LogP contribution in [0, 0.1) is 0 Å². The summed E-state index contributed by atoms with van der Waals surface area (Å²) in [7, 11) is 2.29. The maximum absolute atomic E-state index is 13.0. The lowest BCUT2D eigenvalue weighted by atomic mass is 9.95. The van der Waals surface area contributed by atoms with Crippen LogP contribution in [0.3, 0.4) is 0 Å². The Kier molecular flexibility index (Phi) is 12.4. The van der Waals surface area contributed by atoms with E-state index in [9.17, 15) is 31.1 Å². The largest absolute Gasteiger partial charge is 0.490 e. The van der Waals surface area contributed by atoms with Gasteiger partial charge in [0.15, 0.2) is 0 Å². The lowest BCUT2D eigenvalue weighted by Crippen LogP contribution is -2.47. The fourth-order valence-electron chi connectivity index (χ4n) is 5.24. The number of hydrogen-bond acceptors (Lipinski definition) is 5. The number of para-hydroxylation sites is 1. The second kappa shape index (κ2) is 15.1. The summed E-state index contributed by atoms with van der Waals surface area (Å²) >= 11 is 0. The summed E-state index contributed by atoms with van der Waals surface area (Å²) in [5.41, 5.74) is 3.13. The van der Waals surface area contributed by atoms with Gasteiger partial charge in [0.05, 0.1) is 0 Å². The first-order valence-corrected chi connectivity index (χ1v) is 13.6. The van der Waals surface area contributed by atoms with Gasteiger partial charge in [0.2, 0.25) is 0 Å². The van der Waals surface area contributed by atoms with Gasteiger partial charge in [-0.2, -0.15) is 26.3 Å². The minimum Gasteiger partial charge on any atom is -0.475 e. The second-order valence-electron chi connectivity index (χ2n) is 10.0. The van der Waals surface area contributed by atoms with E-state index in [4.69, 9.17) is 19.8 Å². The Morgan fingerprint density at radius 3 is 1.65 bits per heavy atom. The molecular formula is C29H35F6N3O5. The quantitative estimate of drug-likeness (QED) is 0.372. The molecule has 8 nitrogen and oxygen atoms in total. The Morgan fingerprint density at radius 2 is 1.23 bits per heavy atom. The molecule has 43 heavy (non-hydrogen) atoms. The monoisotopic (exact) mass is 619 g/mol. The molecule has 4 rings (SSSR count). The van der Waals surface area contributed by atoms with Crippen LogP contribution >= 0.6 is 0 Å². The highest BCUT2D eigenvalue weighted by Crippen LogP contribution is 2.40. The molecule has 2 fully saturated rings. The number of carboxylic acid groups (broad SMARTS) is 2. The normalized spacial score (nSPS) is 19.7. The molecule has 0 spiro atoms. The Balaban J connectivity index is 0.000000384. The highest BCUT2D eigenvalue weighted by molar-refractivity contribution is 5.95. The molecule has 0 saturated carbocycles. The molecule has 2 aliphatic heterocycles. The van der Waals surface area contributed by atoms with Gasteiger partial charge < -0.3 is 24.9 Å². The predicted octanol–water partition coefficient (Wildman–Crippen LogP) is 6.20. The van der Waals surface area contributed by atoms with Crippen LogP contribution in [0.1, 0.15) is 49.9 Å². The number of piperidine rings is 1. The molecule has 2 atom stereocenters. The third-order valence-corrected chi connectivity index (χ3v) is 7.38. The van der Waals surface area contributed by atoms with Gasteiger partial charge in [-0.05, 0) is 76.9 Å². The number of rotatable bonds is 6. The zero-order valence-corrected chi connectivity index (χ0v) is 23.9. The molecule has 238 valence electrons. The lowest BCUT2D eigenvalue weighted by molar-refractivity contribution is -0.193. The number of anilines is 2. The van der Waals surface area contributed by atoms with E-state index in [1.807, 2.05) is 30.9 Å². The van der Waals surface area contributed by atoms with Crippen LogP contribution < -0.4 is 4.90 Å². The van der Waals surface area contributed by atoms with Crippen molar-refractivity contribution in [2.45, 2.75) is 70.0 Å². The van der Waals surface area contributed by atoms with Gasteiger partial charge in [0.25, 0.3) is 5.91 Å². The maximum Gasteiger partial charge on any atom is 0.490 e. The number of carbonyl (C=O) groups is 3. The van der Waals surface area contributed by atoms with Crippen molar-refractivity contribution in [2.75, 3.05) is 25.0 Å². The minimum atomic E-state index is -5.08. The highest BCUT2D eigenvalue weighted by Gasteiger charge is 2.41. The average Bonchev–Trinajstić information content (AvgIpc) is 3.14. The van der Waals surface area contributed by atoms with Crippen LogP contribution in [0.5, 0.6) is 0 Å². The summed E-state index contributed by atoms with van der Waals surface area (Å²) in [6.07, 6.45) is -5.20. The van der Waals surface area contributed by atoms with Crippen LogP contribution in [0.4, 0.5) is 37.7 Å². The summed E-state index contributed by atoms with van der Waals surface area (Å²) in [6.45, 7) is 5.55. The zero-order valence-electron chi connectivity index (χ0n) is 23.9. The molecule has 2 aliphatic rings. The Morgan fingerprint density at radius 1 is 0.791 bits per heavy atom. The Labute approximate surface area is 245 Å². The summed E-state index contributed by atoms with van der Waals surface area (Å²) in [5.74, 6) is -5.40. The Hall–Kier alpha value is -3.81. The summed E-state index contributed by atoms with van der Waals surface area (Å²) in [5, 5.41) is 14.2. The molecule has 2 aromatic carbocycles. The van der Waals surface area contributed by atoms with Gasteiger partial charge in [0.1, 0.15) is 0 Å². The van der Waals surface area contributed by atoms with Crippen molar-refractivity contribution in [3.05, 3.63) is 60.2 Å². The van der Waals surface area contributed by atoms with Crippen molar-refractivity contribution in [3.8, 4) is 0 Å². The third kappa shape index (κ3) is 9.87. The van der Waals surface area contributed by atoms with Gasteiger partial charge in [-0.1, -0.05) is 24.3 Å². The van der Waals surface area contributed by atoms with E-state index in [1.54, 1.807) is 0 Å². The zero-order chi connectivity index (χ0) is 32.5. The van der Waals surface area contributed by atoms with Gasteiger partial charge in [-0.15, -0.1) is 0 Å². The fourth-order valence-corrected chi connectivity index (χ4v) is 5.24. The molecule has 2 saturated heterocycles. The number of alkyl halides is 6. The predicted molar refractivity (Wildman–Crippen MR) is 147 cm³/mol. The molecule has 0 radical (unpaired) electrons. The average molecular weight is 620 g/mol. The second-order valence-corrected chi connectivity index (χ2v) is 10.0. The highest BCUT2D eigenvalue weighted by atomic mass is 19.4. The first-order chi connectivity index (χ1) is 20.0. The van der Waals surface area contributed by atoms with Gasteiger partial charge in [-0.25, -0.2) is 9.59 Å². The number of halogens is 6. The van der Waals surface area contributed by atoms with E-state index in [-0.39, 0.29) is 5.91 Å². The van der Waals surface area contributed by atoms with E-state index >= 15 is 0 Å². The first-order valence-electron chi connectivity index (χ1n) is 13.6. The van der Waals surface area contributed by atoms with E-state index < -0.39 is 24.3 Å². The molecule has 2 heterocycles. The number of benzene rings is 2.